The summed E-state index contributed by atoms with van der Waals surface area (Å²) in [4.78, 5) is 24.9. The average molecular weight is 480 g/mol. The van der Waals surface area contributed by atoms with E-state index in [-0.39, 0.29) is 16.8 Å². The molecule has 9 heteroatoms. The minimum absolute atomic E-state index is 0.00620. The largest absolute Gasteiger partial charge is 0.346 e. The molecule has 2 heterocycles. The third kappa shape index (κ3) is 5.53. The number of aromatic nitrogens is 2. The SMILES string of the molecule is CCC(NC(=O)CCCCCN=C1NS(=O)(=O)c2ccccc21)c1ncc(-c2ccccc2)[nH]1. The highest BCUT2D eigenvalue weighted by atomic mass is 32.2. The van der Waals surface area contributed by atoms with E-state index < -0.39 is 10.0 Å². The van der Waals surface area contributed by atoms with Crippen LogP contribution in [-0.2, 0) is 14.8 Å². The number of hydrogen-bond donors (Lipinski definition) is 3. The number of unbranched alkanes of at least 4 members (excludes halogenated alkanes) is 2. The topological polar surface area (TPSA) is 116 Å². The van der Waals surface area contributed by atoms with Crippen LogP contribution in [0.5, 0.6) is 0 Å². The third-order valence-corrected chi connectivity index (χ3v) is 7.15. The van der Waals surface area contributed by atoms with E-state index in [0.717, 1.165) is 42.8 Å². The molecule has 0 radical (unpaired) electrons. The molecule has 1 atom stereocenters. The molecular weight excluding hydrogens is 450 g/mol. The molecule has 1 aliphatic rings. The van der Waals surface area contributed by atoms with E-state index in [0.29, 0.717) is 24.4 Å². The van der Waals surface area contributed by atoms with Gasteiger partial charge >= 0.3 is 0 Å². The maximum Gasteiger partial charge on any atom is 0.263 e. The van der Waals surface area contributed by atoms with Crippen molar-refractivity contribution in [3.63, 3.8) is 0 Å². The minimum atomic E-state index is -3.51. The normalized spacial score (nSPS) is 16.1. The Morgan fingerprint density at radius 3 is 2.62 bits per heavy atom. The zero-order valence-corrected chi connectivity index (χ0v) is 19.9. The van der Waals surface area contributed by atoms with Crippen LogP contribution in [0.2, 0.25) is 0 Å². The first-order valence-corrected chi connectivity index (χ1v) is 13.0. The molecule has 3 aromatic rings. The van der Waals surface area contributed by atoms with Gasteiger partial charge in [0.15, 0.2) is 0 Å². The zero-order valence-electron chi connectivity index (χ0n) is 19.1. The van der Waals surface area contributed by atoms with E-state index in [1.807, 2.05) is 37.3 Å². The highest BCUT2D eigenvalue weighted by molar-refractivity contribution is 7.90. The summed E-state index contributed by atoms with van der Waals surface area (Å²) in [6.07, 6.45) is 5.30. The number of sulfonamides is 1. The second-order valence-electron chi connectivity index (χ2n) is 8.22. The van der Waals surface area contributed by atoms with Gasteiger partial charge in [0.25, 0.3) is 10.0 Å². The number of aliphatic imine (C=N–C) groups is 1. The number of hydrogen-bond acceptors (Lipinski definition) is 5. The van der Waals surface area contributed by atoms with Crippen molar-refractivity contribution in [1.82, 2.24) is 20.0 Å². The van der Waals surface area contributed by atoms with Gasteiger partial charge in [0, 0.05) is 18.5 Å². The summed E-state index contributed by atoms with van der Waals surface area (Å²) in [5, 5.41) is 3.07. The molecule has 0 bridgehead atoms. The highest BCUT2D eigenvalue weighted by Crippen LogP contribution is 2.23. The number of rotatable bonds is 10. The molecule has 1 aromatic heterocycles. The van der Waals surface area contributed by atoms with Gasteiger partial charge in [-0.15, -0.1) is 0 Å². The fourth-order valence-electron chi connectivity index (χ4n) is 3.92. The molecule has 4 rings (SSSR count). The van der Waals surface area contributed by atoms with Crippen LogP contribution in [-0.4, -0.2) is 36.7 Å². The van der Waals surface area contributed by atoms with Crippen LogP contribution in [0.1, 0.15) is 56.5 Å². The van der Waals surface area contributed by atoms with E-state index in [1.54, 1.807) is 30.5 Å². The van der Waals surface area contributed by atoms with Gasteiger partial charge in [0.2, 0.25) is 5.91 Å². The predicted molar refractivity (Wildman–Crippen MR) is 132 cm³/mol. The smallest absolute Gasteiger partial charge is 0.263 e. The molecule has 1 unspecified atom stereocenters. The van der Waals surface area contributed by atoms with Crippen LogP contribution in [0.4, 0.5) is 0 Å². The number of nitrogens with one attached hydrogen (secondary N) is 3. The number of imidazole rings is 1. The fraction of sp³-hybridized carbons (Fsp3) is 0.320. The van der Waals surface area contributed by atoms with Crippen LogP contribution >= 0.6 is 0 Å². The van der Waals surface area contributed by atoms with E-state index in [9.17, 15) is 13.2 Å². The van der Waals surface area contributed by atoms with E-state index in [1.165, 1.54) is 0 Å². The first-order chi connectivity index (χ1) is 16.5. The van der Waals surface area contributed by atoms with E-state index in [2.05, 4.69) is 25.0 Å². The minimum Gasteiger partial charge on any atom is -0.346 e. The number of benzene rings is 2. The predicted octanol–water partition coefficient (Wildman–Crippen LogP) is 3.94. The first-order valence-electron chi connectivity index (χ1n) is 11.5. The number of amidine groups is 1. The molecule has 1 aliphatic heterocycles. The van der Waals surface area contributed by atoms with Crippen molar-refractivity contribution in [2.75, 3.05) is 6.54 Å². The Kier molecular flexibility index (Phi) is 7.42. The van der Waals surface area contributed by atoms with E-state index >= 15 is 0 Å². The molecule has 3 N–H and O–H groups in total. The summed E-state index contributed by atoms with van der Waals surface area (Å²) >= 11 is 0. The van der Waals surface area contributed by atoms with Crippen molar-refractivity contribution >= 4 is 21.8 Å². The summed E-state index contributed by atoms with van der Waals surface area (Å²) < 4.78 is 26.7. The standard InChI is InChI=1S/C25H29N5O3S/c1-2-20(25-27-17-21(29-25)18-11-5-3-6-12-18)28-23(31)15-7-4-10-16-26-24-19-13-8-9-14-22(19)34(32,33)30-24/h3,5-6,8-9,11-14,17,20H,2,4,7,10,15-16H2,1H3,(H,26,30)(H,27,29)(H,28,31). The van der Waals surface area contributed by atoms with E-state index in [4.69, 9.17) is 0 Å². The van der Waals surface area contributed by atoms with Gasteiger partial charge < -0.3 is 10.3 Å². The number of aromatic amines is 1. The molecule has 1 amide bonds. The quantitative estimate of drug-likeness (QED) is 0.382. The zero-order chi connectivity index (χ0) is 24.0. The summed E-state index contributed by atoms with van der Waals surface area (Å²) in [6, 6.07) is 16.6. The third-order valence-electron chi connectivity index (χ3n) is 5.75. The van der Waals surface area contributed by atoms with Crippen molar-refractivity contribution in [2.45, 2.75) is 50.0 Å². The highest BCUT2D eigenvalue weighted by Gasteiger charge is 2.29. The average Bonchev–Trinajstić information content (AvgIpc) is 3.43. The maximum atomic E-state index is 12.5. The van der Waals surface area contributed by atoms with Gasteiger partial charge in [-0.3, -0.25) is 14.5 Å². The van der Waals surface area contributed by atoms with Gasteiger partial charge in [0.05, 0.1) is 22.8 Å². The molecule has 2 aromatic carbocycles. The molecule has 8 nitrogen and oxygen atoms in total. The second kappa shape index (κ2) is 10.6. The van der Waals surface area contributed by atoms with Crippen LogP contribution < -0.4 is 10.0 Å². The number of nitrogens with zero attached hydrogens (tertiary/aromatic N) is 2. The Hall–Kier alpha value is -3.46. The first kappa shape index (κ1) is 23.7. The molecule has 0 saturated carbocycles. The van der Waals surface area contributed by atoms with Gasteiger partial charge in [0.1, 0.15) is 11.7 Å². The Balaban J connectivity index is 1.21. The van der Waals surface area contributed by atoms with Crippen molar-refractivity contribution < 1.29 is 13.2 Å². The van der Waals surface area contributed by atoms with Crippen LogP contribution in [0.3, 0.4) is 0 Å². The van der Waals surface area contributed by atoms with Crippen LogP contribution in [0.25, 0.3) is 11.3 Å². The number of carbonyl (C=O) groups is 1. The maximum absolute atomic E-state index is 12.5. The Morgan fingerprint density at radius 1 is 1.06 bits per heavy atom. The molecule has 34 heavy (non-hydrogen) atoms. The molecule has 0 aliphatic carbocycles. The van der Waals surface area contributed by atoms with Gasteiger partial charge in [-0.05, 0) is 37.0 Å². The lowest BCUT2D eigenvalue weighted by molar-refractivity contribution is -0.122. The van der Waals surface area contributed by atoms with Crippen LogP contribution in [0.15, 0.2) is 70.7 Å². The van der Waals surface area contributed by atoms with Crippen LogP contribution in [0, 0.1) is 0 Å². The molecule has 0 saturated heterocycles. The Morgan fingerprint density at radius 2 is 1.82 bits per heavy atom. The second-order valence-corrected chi connectivity index (χ2v) is 9.87. The number of amides is 1. The number of fused-ring (bicyclic) bond motifs is 1. The lowest BCUT2D eigenvalue weighted by atomic mass is 10.1. The molecule has 178 valence electrons. The number of H-pyrrole nitrogens is 1. The summed E-state index contributed by atoms with van der Waals surface area (Å²) in [7, 11) is -3.51. The lowest BCUT2D eigenvalue weighted by Crippen LogP contribution is -2.28. The van der Waals surface area contributed by atoms with Crippen molar-refractivity contribution in [2.24, 2.45) is 4.99 Å². The van der Waals surface area contributed by atoms with Gasteiger partial charge in [-0.25, -0.2) is 13.4 Å². The summed E-state index contributed by atoms with van der Waals surface area (Å²) in [6.45, 7) is 2.52. The Bertz CT molecular complexity index is 1270. The fourth-order valence-corrected chi connectivity index (χ4v) is 5.18. The number of carbonyl (C=O) groups excluding carboxylic acids is 1. The molecular formula is C25H29N5O3S. The van der Waals surface area contributed by atoms with Gasteiger partial charge in [-0.1, -0.05) is 55.8 Å². The van der Waals surface area contributed by atoms with Crippen molar-refractivity contribution in [3.05, 3.63) is 72.2 Å². The van der Waals surface area contributed by atoms with Crippen molar-refractivity contribution in [1.29, 1.82) is 0 Å². The molecule has 0 spiro atoms. The molecule has 0 fully saturated rings. The Labute approximate surface area is 200 Å². The summed E-state index contributed by atoms with van der Waals surface area (Å²) in [5.41, 5.74) is 2.60. The summed E-state index contributed by atoms with van der Waals surface area (Å²) in [5.74, 6) is 1.14. The monoisotopic (exact) mass is 479 g/mol. The van der Waals surface area contributed by atoms with Crippen molar-refractivity contribution in [3.8, 4) is 11.3 Å². The van der Waals surface area contributed by atoms with Gasteiger partial charge in [-0.2, -0.15) is 0 Å². The lowest BCUT2D eigenvalue weighted by Gasteiger charge is -2.14.